The van der Waals surface area contributed by atoms with Crippen LogP contribution in [0.3, 0.4) is 0 Å². The van der Waals surface area contributed by atoms with Crippen LogP contribution in [0.4, 0.5) is 13.2 Å². The van der Waals surface area contributed by atoms with Crippen molar-refractivity contribution >= 4 is 5.91 Å². The van der Waals surface area contributed by atoms with Crippen LogP contribution in [0.2, 0.25) is 0 Å². The fourth-order valence-electron chi connectivity index (χ4n) is 3.37. The number of nitrogens with one attached hydrogen (secondary N) is 1. The lowest BCUT2D eigenvalue weighted by molar-refractivity contribution is -0.137. The van der Waals surface area contributed by atoms with Gasteiger partial charge in [0.15, 0.2) is 0 Å². The molecule has 0 radical (unpaired) electrons. The smallest absolute Gasteiger partial charge is 0.350 e. The molecule has 0 spiro atoms. The molecule has 3 nitrogen and oxygen atoms in total. The lowest BCUT2D eigenvalue weighted by Gasteiger charge is -2.39. The van der Waals surface area contributed by atoms with Gasteiger partial charge in [0, 0.05) is 12.6 Å². The van der Waals surface area contributed by atoms with E-state index in [1.54, 1.807) is 0 Å². The van der Waals surface area contributed by atoms with Crippen molar-refractivity contribution in [3.63, 3.8) is 0 Å². The predicted octanol–water partition coefficient (Wildman–Crippen LogP) is 4.19. The van der Waals surface area contributed by atoms with Gasteiger partial charge in [0.2, 0.25) is 0 Å². The molecule has 1 amide bonds. The summed E-state index contributed by atoms with van der Waals surface area (Å²) in [7, 11) is 0. The Kier molecular flexibility index (Phi) is 6.49. The first-order chi connectivity index (χ1) is 11.7. The number of nitrogens with zero attached hydrogens (tertiary/aromatic N) is 1. The molecule has 0 saturated carbocycles. The molecule has 1 fully saturated rings. The minimum absolute atomic E-state index is 0.134. The zero-order valence-electron chi connectivity index (χ0n) is 15.1. The molecule has 25 heavy (non-hydrogen) atoms. The van der Waals surface area contributed by atoms with Crippen molar-refractivity contribution in [1.29, 1.82) is 0 Å². The van der Waals surface area contributed by atoms with E-state index >= 15 is 0 Å². The molecule has 1 aliphatic rings. The van der Waals surface area contributed by atoms with Gasteiger partial charge in [-0.05, 0) is 49.9 Å². The molecule has 0 unspecified atom stereocenters. The van der Waals surface area contributed by atoms with Crippen molar-refractivity contribution in [2.24, 2.45) is 11.8 Å². The SMILES string of the molecule is CC1CCN([C@@H](CNC(=O)c2ccccc2C(F)(F)F)C(C)C)CC1. The van der Waals surface area contributed by atoms with E-state index in [0.717, 1.165) is 32.0 Å². The lowest BCUT2D eigenvalue weighted by Crippen LogP contribution is -2.49. The molecule has 1 aliphatic heterocycles. The van der Waals surface area contributed by atoms with Crippen molar-refractivity contribution in [2.45, 2.75) is 45.8 Å². The highest BCUT2D eigenvalue weighted by Crippen LogP contribution is 2.31. The maximum atomic E-state index is 13.1. The molecule has 1 heterocycles. The minimum atomic E-state index is -4.53. The summed E-state index contributed by atoms with van der Waals surface area (Å²) in [6, 6.07) is 5.06. The number of hydrogen-bond acceptors (Lipinski definition) is 2. The summed E-state index contributed by atoms with van der Waals surface area (Å²) in [6.07, 6.45) is -2.30. The van der Waals surface area contributed by atoms with Gasteiger partial charge >= 0.3 is 6.18 Å². The molecule has 1 aromatic carbocycles. The highest BCUT2D eigenvalue weighted by atomic mass is 19.4. The van der Waals surface area contributed by atoms with Crippen molar-refractivity contribution in [1.82, 2.24) is 10.2 Å². The second-order valence-corrected chi connectivity index (χ2v) is 7.28. The van der Waals surface area contributed by atoms with Gasteiger partial charge in [-0.3, -0.25) is 9.69 Å². The minimum Gasteiger partial charge on any atom is -0.350 e. The highest BCUT2D eigenvalue weighted by molar-refractivity contribution is 5.95. The highest BCUT2D eigenvalue weighted by Gasteiger charge is 2.35. The van der Waals surface area contributed by atoms with E-state index in [1.165, 1.54) is 18.2 Å². The number of amides is 1. The Hall–Kier alpha value is -1.56. The van der Waals surface area contributed by atoms with Crippen LogP contribution in [-0.4, -0.2) is 36.5 Å². The van der Waals surface area contributed by atoms with E-state index in [4.69, 9.17) is 0 Å². The topological polar surface area (TPSA) is 32.3 Å². The van der Waals surface area contributed by atoms with Gasteiger partial charge in [-0.15, -0.1) is 0 Å². The van der Waals surface area contributed by atoms with Gasteiger partial charge < -0.3 is 5.32 Å². The van der Waals surface area contributed by atoms with Crippen LogP contribution in [0.1, 0.15) is 49.5 Å². The molecule has 6 heteroatoms. The summed E-state index contributed by atoms with van der Waals surface area (Å²) in [6.45, 7) is 8.70. The van der Waals surface area contributed by atoms with E-state index in [1.807, 2.05) is 0 Å². The second-order valence-electron chi connectivity index (χ2n) is 7.28. The molecule has 1 N–H and O–H groups in total. The van der Waals surface area contributed by atoms with E-state index < -0.39 is 17.6 Å². The fourth-order valence-corrected chi connectivity index (χ4v) is 3.37. The first kappa shape index (κ1) is 19.8. The Morgan fingerprint density at radius 1 is 1.24 bits per heavy atom. The van der Waals surface area contributed by atoms with Crippen molar-refractivity contribution in [2.75, 3.05) is 19.6 Å². The number of hydrogen-bond donors (Lipinski definition) is 1. The van der Waals surface area contributed by atoms with Crippen LogP contribution in [-0.2, 0) is 6.18 Å². The maximum absolute atomic E-state index is 13.1. The molecule has 1 saturated heterocycles. The van der Waals surface area contributed by atoms with Crippen LogP contribution >= 0.6 is 0 Å². The van der Waals surface area contributed by atoms with Crippen molar-refractivity contribution in [3.8, 4) is 0 Å². The number of likely N-dealkylation sites (tertiary alicyclic amines) is 1. The third-order valence-electron chi connectivity index (χ3n) is 5.01. The average Bonchev–Trinajstić information content (AvgIpc) is 2.55. The van der Waals surface area contributed by atoms with E-state index in [0.29, 0.717) is 18.4 Å². The van der Waals surface area contributed by atoms with Crippen LogP contribution in [0.25, 0.3) is 0 Å². The molecular formula is C19H27F3N2O. The largest absolute Gasteiger partial charge is 0.417 e. The number of halogens is 3. The predicted molar refractivity (Wildman–Crippen MR) is 92.4 cm³/mol. The van der Waals surface area contributed by atoms with E-state index in [2.05, 4.69) is 31.0 Å². The number of piperidine rings is 1. The Morgan fingerprint density at radius 3 is 2.40 bits per heavy atom. The monoisotopic (exact) mass is 356 g/mol. The number of rotatable bonds is 5. The van der Waals surface area contributed by atoms with Crippen molar-refractivity contribution in [3.05, 3.63) is 35.4 Å². The Morgan fingerprint density at radius 2 is 1.84 bits per heavy atom. The lowest BCUT2D eigenvalue weighted by atomic mass is 9.94. The average molecular weight is 356 g/mol. The summed E-state index contributed by atoms with van der Waals surface area (Å²) in [4.78, 5) is 14.7. The third-order valence-corrected chi connectivity index (χ3v) is 5.01. The maximum Gasteiger partial charge on any atom is 0.417 e. The third kappa shape index (κ3) is 5.21. The summed E-state index contributed by atoms with van der Waals surface area (Å²) in [5.41, 5.74) is -1.20. The Bertz CT molecular complexity index is 578. The summed E-state index contributed by atoms with van der Waals surface area (Å²) < 4.78 is 39.2. The standard InChI is InChI=1S/C19H27F3N2O/c1-13(2)17(24-10-8-14(3)9-11-24)12-23-18(25)15-6-4-5-7-16(15)19(20,21)22/h4-7,13-14,17H,8-12H2,1-3H3,(H,23,25)/t17-/m0/s1. The molecule has 2 rings (SSSR count). The Labute approximate surface area is 147 Å². The summed E-state index contributed by atoms with van der Waals surface area (Å²) in [5.74, 6) is 0.354. The van der Waals surface area contributed by atoms with Gasteiger partial charge in [-0.2, -0.15) is 13.2 Å². The van der Waals surface area contributed by atoms with Gasteiger partial charge in [0.05, 0.1) is 11.1 Å². The van der Waals surface area contributed by atoms with Gasteiger partial charge in [-0.25, -0.2) is 0 Å². The van der Waals surface area contributed by atoms with Gasteiger partial charge in [-0.1, -0.05) is 32.9 Å². The molecule has 140 valence electrons. The number of carbonyl (C=O) groups is 1. The zero-order chi connectivity index (χ0) is 18.6. The summed E-state index contributed by atoms with van der Waals surface area (Å²) >= 11 is 0. The normalized spacial score (nSPS) is 18.4. The molecule has 0 aliphatic carbocycles. The molecule has 0 aromatic heterocycles. The molecular weight excluding hydrogens is 329 g/mol. The second kappa shape index (κ2) is 8.21. The number of carbonyl (C=O) groups excluding carboxylic acids is 1. The quantitative estimate of drug-likeness (QED) is 0.858. The van der Waals surface area contributed by atoms with E-state index in [9.17, 15) is 18.0 Å². The van der Waals surface area contributed by atoms with Crippen LogP contribution in [0.5, 0.6) is 0 Å². The summed E-state index contributed by atoms with van der Waals surface area (Å²) in [5, 5.41) is 2.72. The van der Waals surface area contributed by atoms with Crippen LogP contribution < -0.4 is 5.32 Å². The van der Waals surface area contributed by atoms with Crippen LogP contribution in [0, 0.1) is 11.8 Å². The van der Waals surface area contributed by atoms with Gasteiger partial charge in [0.25, 0.3) is 5.91 Å². The zero-order valence-corrected chi connectivity index (χ0v) is 15.1. The van der Waals surface area contributed by atoms with Crippen LogP contribution in [0.15, 0.2) is 24.3 Å². The molecule has 1 aromatic rings. The van der Waals surface area contributed by atoms with Crippen molar-refractivity contribution < 1.29 is 18.0 Å². The first-order valence-electron chi connectivity index (χ1n) is 8.88. The number of benzene rings is 1. The van der Waals surface area contributed by atoms with Gasteiger partial charge in [0.1, 0.15) is 0 Å². The Balaban J connectivity index is 2.05. The molecule has 1 atom stereocenters. The first-order valence-corrected chi connectivity index (χ1v) is 8.88. The van der Waals surface area contributed by atoms with E-state index in [-0.39, 0.29) is 11.6 Å². The fraction of sp³-hybridized carbons (Fsp3) is 0.632. The molecule has 0 bridgehead atoms. The number of alkyl halides is 3.